The molecule has 1 aromatic carbocycles. The molecule has 0 saturated heterocycles. The number of benzene rings is 1. The molecular weight excluding hydrogens is 312 g/mol. The van der Waals surface area contributed by atoms with Crippen molar-refractivity contribution >= 4 is 33.5 Å². The summed E-state index contributed by atoms with van der Waals surface area (Å²) in [5.41, 5.74) is 0.453. The number of carboxylic acids is 1. The lowest BCUT2D eigenvalue weighted by Gasteiger charge is -2.11. The predicted octanol–water partition coefficient (Wildman–Crippen LogP) is 3.73. The van der Waals surface area contributed by atoms with Crippen molar-refractivity contribution in [1.82, 2.24) is 4.57 Å². The van der Waals surface area contributed by atoms with Gasteiger partial charge in [0.2, 0.25) is 0 Å². The first kappa shape index (κ1) is 12.1. The highest BCUT2D eigenvalue weighted by Gasteiger charge is 2.16. The zero-order valence-electron chi connectivity index (χ0n) is 8.32. The standard InChI is InChI=1S/C11H6BrClFNO2/c12-7-4-6(14)5-8(13)10(7)15-3-1-2-9(15)11(16)17/h1-5H,(H,16,17). The third kappa shape index (κ3) is 2.21. The van der Waals surface area contributed by atoms with E-state index in [1.165, 1.54) is 16.7 Å². The molecule has 2 rings (SSSR count). The number of aromatic nitrogens is 1. The molecule has 0 amide bonds. The molecule has 0 radical (unpaired) electrons. The number of rotatable bonds is 2. The molecule has 0 aliphatic carbocycles. The van der Waals surface area contributed by atoms with E-state index in [2.05, 4.69) is 15.9 Å². The van der Waals surface area contributed by atoms with Gasteiger partial charge >= 0.3 is 5.97 Å². The SMILES string of the molecule is O=C(O)c1cccn1-c1c(Cl)cc(F)cc1Br. The van der Waals surface area contributed by atoms with Crippen molar-refractivity contribution in [3.05, 3.63) is 51.5 Å². The highest BCUT2D eigenvalue weighted by molar-refractivity contribution is 9.10. The van der Waals surface area contributed by atoms with Gasteiger partial charge in [-0.15, -0.1) is 0 Å². The molecule has 1 aromatic heterocycles. The molecule has 0 atom stereocenters. The van der Waals surface area contributed by atoms with Gasteiger partial charge in [0.1, 0.15) is 11.5 Å². The van der Waals surface area contributed by atoms with Crippen LogP contribution in [0.1, 0.15) is 10.5 Å². The summed E-state index contributed by atoms with van der Waals surface area (Å²) >= 11 is 9.08. The van der Waals surface area contributed by atoms with E-state index >= 15 is 0 Å². The first-order chi connectivity index (χ1) is 8.00. The molecule has 0 saturated carbocycles. The molecule has 0 spiro atoms. The highest BCUT2D eigenvalue weighted by Crippen LogP contribution is 2.31. The van der Waals surface area contributed by atoms with Crippen LogP contribution in [0.15, 0.2) is 34.9 Å². The van der Waals surface area contributed by atoms with Gasteiger partial charge in [-0.2, -0.15) is 0 Å². The second-order valence-electron chi connectivity index (χ2n) is 3.29. The van der Waals surface area contributed by atoms with Crippen LogP contribution in [0, 0.1) is 5.82 Å². The summed E-state index contributed by atoms with van der Waals surface area (Å²) in [6, 6.07) is 5.38. The Morgan fingerprint density at radius 3 is 2.76 bits per heavy atom. The normalized spacial score (nSPS) is 10.5. The minimum absolute atomic E-state index is 0.0548. The number of carboxylic acid groups (broad SMARTS) is 1. The molecule has 1 heterocycles. The van der Waals surface area contributed by atoms with Crippen LogP contribution in [0.4, 0.5) is 4.39 Å². The van der Waals surface area contributed by atoms with Crippen LogP contribution >= 0.6 is 27.5 Å². The van der Waals surface area contributed by atoms with Gasteiger partial charge in [-0.05, 0) is 40.2 Å². The molecule has 0 aliphatic heterocycles. The molecular formula is C11H6BrClFNO2. The zero-order valence-corrected chi connectivity index (χ0v) is 10.7. The molecule has 0 fully saturated rings. The van der Waals surface area contributed by atoms with E-state index in [1.54, 1.807) is 12.3 Å². The van der Waals surface area contributed by atoms with Crippen LogP contribution in [-0.2, 0) is 0 Å². The summed E-state index contributed by atoms with van der Waals surface area (Å²) in [7, 11) is 0. The lowest BCUT2D eigenvalue weighted by Crippen LogP contribution is -2.07. The average molecular weight is 319 g/mol. The number of nitrogens with zero attached hydrogens (tertiary/aromatic N) is 1. The van der Waals surface area contributed by atoms with Crippen molar-refractivity contribution in [3.8, 4) is 5.69 Å². The molecule has 88 valence electrons. The van der Waals surface area contributed by atoms with Crippen molar-refractivity contribution in [3.63, 3.8) is 0 Å². The van der Waals surface area contributed by atoms with Crippen molar-refractivity contribution in [2.45, 2.75) is 0 Å². The Morgan fingerprint density at radius 1 is 1.47 bits per heavy atom. The van der Waals surface area contributed by atoms with Crippen LogP contribution in [0.2, 0.25) is 5.02 Å². The van der Waals surface area contributed by atoms with Crippen molar-refractivity contribution < 1.29 is 14.3 Å². The van der Waals surface area contributed by atoms with Crippen LogP contribution in [-0.4, -0.2) is 15.6 Å². The predicted molar refractivity (Wildman–Crippen MR) is 65.4 cm³/mol. The minimum atomic E-state index is -1.08. The summed E-state index contributed by atoms with van der Waals surface area (Å²) in [6.07, 6.45) is 1.55. The number of halogens is 3. The molecule has 0 aliphatic rings. The number of carbonyl (C=O) groups is 1. The summed E-state index contributed by atoms with van der Waals surface area (Å²) < 4.78 is 14.8. The largest absolute Gasteiger partial charge is 0.477 e. The molecule has 17 heavy (non-hydrogen) atoms. The number of hydrogen-bond acceptors (Lipinski definition) is 1. The van der Waals surface area contributed by atoms with Gasteiger partial charge in [0, 0.05) is 10.7 Å². The topological polar surface area (TPSA) is 42.2 Å². The first-order valence-electron chi connectivity index (χ1n) is 4.56. The first-order valence-corrected chi connectivity index (χ1v) is 5.73. The monoisotopic (exact) mass is 317 g/mol. The molecule has 1 N–H and O–H groups in total. The van der Waals surface area contributed by atoms with Gasteiger partial charge in [0.15, 0.2) is 0 Å². The fraction of sp³-hybridized carbons (Fsp3) is 0. The van der Waals surface area contributed by atoms with Gasteiger partial charge in [-0.25, -0.2) is 9.18 Å². The smallest absolute Gasteiger partial charge is 0.352 e. The Balaban J connectivity index is 2.69. The van der Waals surface area contributed by atoms with E-state index < -0.39 is 11.8 Å². The Labute approximate surface area is 110 Å². The fourth-order valence-corrected chi connectivity index (χ4v) is 2.55. The number of hydrogen-bond donors (Lipinski definition) is 1. The second kappa shape index (κ2) is 4.50. The van der Waals surface area contributed by atoms with Gasteiger partial charge in [-0.3, -0.25) is 0 Å². The van der Waals surface area contributed by atoms with E-state index in [4.69, 9.17) is 16.7 Å². The van der Waals surface area contributed by atoms with E-state index in [-0.39, 0.29) is 10.7 Å². The van der Waals surface area contributed by atoms with E-state index in [0.717, 1.165) is 6.07 Å². The number of aromatic carboxylic acids is 1. The summed E-state index contributed by atoms with van der Waals surface area (Å²) in [5, 5.41) is 9.13. The van der Waals surface area contributed by atoms with E-state index in [1.807, 2.05) is 0 Å². The highest BCUT2D eigenvalue weighted by atomic mass is 79.9. The van der Waals surface area contributed by atoms with Gasteiger partial charge in [0.05, 0.1) is 10.7 Å². The summed E-state index contributed by atoms with van der Waals surface area (Å²) in [4.78, 5) is 11.0. The van der Waals surface area contributed by atoms with Gasteiger partial charge < -0.3 is 9.67 Å². The van der Waals surface area contributed by atoms with Crippen molar-refractivity contribution in [1.29, 1.82) is 0 Å². The maximum absolute atomic E-state index is 13.1. The van der Waals surface area contributed by atoms with Crippen LogP contribution in [0.3, 0.4) is 0 Å². The minimum Gasteiger partial charge on any atom is -0.477 e. The molecule has 0 bridgehead atoms. The van der Waals surface area contributed by atoms with E-state index in [0.29, 0.717) is 10.2 Å². The second-order valence-corrected chi connectivity index (χ2v) is 4.55. The molecule has 2 aromatic rings. The quantitative estimate of drug-likeness (QED) is 0.916. The maximum atomic E-state index is 13.1. The van der Waals surface area contributed by atoms with Crippen LogP contribution in [0.5, 0.6) is 0 Å². The Hall–Kier alpha value is -1.33. The fourth-order valence-electron chi connectivity index (χ4n) is 1.51. The average Bonchev–Trinajstić information content (AvgIpc) is 2.64. The lowest BCUT2D eigenvalue weighted by atomic mass is 10.3. The van der Waals surface area contributed by atoms with E-state index in [9.17, 15) is 9.18 Å². The summed E-state index contributed by atoms with van der Waals surface area (Å²) in [5.74, 6) is -1.57. The van der Waals surface area contributed by atoms with Crippen LogP contribution in [0.25, 0.3) is 5.69 Å². The van der Waals surface area contributed by atoms with Crippen molar-refractivity contribution in [2.75, 3.05) is 0 Å². The summed E-state index contributed by atoms with van der Waals surface area (Å²) in [6.45, 7) is 0. The zero-order chi connectivity index (χ0) is 12.6. The van der Waals surface area contributed by atoms with Gasteiger partial charge in [0.25, 0.3) is 0 Å². The molecule has 0 unspecified atom stereocenters. The Morgan fingerprint density at radius 2 is 2.18 bits per heavy atom. The van der Waals surface area contributed by atoms with Crippen molar-refractivity contribution in [2.24, 2.45) is 0 Å². The Kier molecular flexibility index (Phi) is 3.22. The lowest BCUT2D eigenvalue weighted by molar-refractivity contribution is 0.0688. The van der Waals surface area contributed by atoms with Gasteiger partial charge in [-0.1, -0.05) is 11.6 Å². The maximum Gasteiger partial charge on any atom is 0.352 e. The van der Waals surface area contributed by atoms with Crippen LogP contribution < -0.4 is 0 Å². The molecule has 6 heteroatoms. The third-order valence-electron chi connectivity index (χ3n) is 2.19. The molecule has 3 nitrogen and oxygen atoms in total. The third-order valence-corrected chi connectivity index (χ3v) is 3.08. The Bertz CT molecular complexity index is 574.